The minimum atomic E-state index is 0.920. The average molecular weight is 301 g/mol. The fraction of sp³-hybridized carbons (Fsp3) is 0.412. The Labute approximate surface area is 128 Å². The molecule has 0 atom stereocenters. The lowest BCUT2D eigenvalue weighted by Crippen LogP contribution is -2.32. The van der Waals surface area contributed by atoms with Gasteiger partial charge in [-0.25, -0.2) is 0 Å². The molecule has 0 aromatic carbocycles. The number of thiophene rings is 2. The monoisotopic (exact) mass is 301 g/mol. The number of nitrogens with zero attached hydrogens (tertiary/aromatic N) is 1. The van der Waals surface area contributed by atoms with Crippen LogP contribution in [0.3, 0.4) is 0 Å². The minimum absolute atomic E-state index is 0.920. The molecule has 1 saturated carbocycles. The third-order valence-corrected chi connectivity index (χ3v) is 6.13. The fourth-order valence-electron chi connectivity index (χ4n) is 3.16. The summed E-state index contributed by atoms with van der Waals surface area (Å²) in [6, 6.07) is 9.82. The molecule has 0 bridgehead atoms. The van der Waals surface area contributed by atoms with Crippen LogP contribution in [-0.2, 0) is 0 Å². The molecule has 0 spiro atoms. The zero-order chi connectivity index (χ0) is 13.4. The molecule has 2 aromatic rings. The summed E-state index contributed by atoms with van der Waals surface area (Å²) in [5.41, 5.74) is 3.21. The lowest BCUT2D eigenvalue weighted by Gasteiger charge is -2.29. The van der Waals surface area contributed by atoms with Gasteiger partial charge in [0.25, 0.3) is 0 Å². The van der Waals surface area contributed by atoms with Gasteiger partial charge in [-0.2, -0.15) is 0 Å². The van der Waals surface area contributed by atoms with E-state index in [1.165, 1.54) is 54.1 Å². The second-order valence-corrected chi connectivity index (χ2v) is 7.60. The smallest absolute Gasteiger partial charge is 0.0356 e. The predicted octanol–water partition coefficient (Wildman–Crippen LogP) is 4.87. The number of hydrogen-bond donors (Lipinski definition) is 0. The Kier molecular flexibility index (Phi) is 3.51. The van der Waals surface area contributed by atoms with E-state index in [1.807, 2.05) is 22.7 Å². The van der Waals surface area contributed by atoms with Crippen LogP contribution in [0.1, 0.15) is 35.4 Å². The third-order valence-electron chi connectivity index (χ3n) is 4.35. The van der Waals surface area contributed by atoms with Crippen molar-refractivity contribution in [2.45, 2.75) is 31.7 Å². The Hall–Kier alpha value is -0.900. The molecule has 0 N–H and O–H groups in total. The van der Waals surface area contributed by atoms with E-state index < -0.39 is 0 Å². The lowest BCUT2D eigenvalue weighted by atomic mass is 9.95. The summed E-state index contributed by atoms with van der Waals surface area (Å²) in [4.78, 5) is 5.59. The fourth-order valence-corrected chi connectivity index (χ4v) is 4.89. The first kappa shape index (κ1) is 12.8. The molecule has 3 heterocycles. The van der Waals surface area contributed by atoms with Gasteiger partial charge in [0.05, 0.1) is 0 Å². The maximum Gasteiger partial charge on any atom is 0.0356 e. The van der Waals surface area contributed by atoms with Gasteiger partial charge in [-0.3, -0.25) is 4.90 Å². The standard InChI is InChI=1S/C17H19NS2/c1-3-15(19-11-1)17(16-4-2-12-20-16)13-7-9-18(10-8-13)14-5-6-14/h1-4,11-12,14H,5-10H2. The summed E-state index contributed by atoms with van der Waals surface area (Å²) in [6.07, 6.45) is 5.37. The highest BCUT2D eigenvalue weighted by atomic mass is 32.1. The van der Waals surface area contributed by atoms with Crippen LogP contribution in [0.2, 0.25) is 0 Å². The molecule has 3 heteroatoms. The predicted molar refractivity (Wildman–Crippen MR) is 88.5 cm³/mol. The Morgan fingerprint density at radius 2 is 1.55 bits per heavy atom. The zero-order valence-corrected chi connectivity index (χ0v) is 13.2. The lowest BCUT2D eigenvalue weighted by molar-refractivity contribution is 0.247. The van der Waals surface area contributed by atoms with Crippen molar-refractivity contribution in [1.29, 1.82) is 0 Å². The van der Waals surface area contributed by atoms with Gasteiger partial charge in [-0.15, -0.1) is 22.7 Å². The Bertz CT molecular complexity index is 545. The molecule has 0 radical (unpaired) electrons. The summed E-state index contributed by atoms with van der Waals surface area (Å²) < 4.78 is 0. The highest BCUT2D eigenvalue weighted by molar-refractivity contribution is 7.13. The number of likely N-dealkylation sites (tertiary alicyclic amines) is 1. The maximum absolute atomic E-state index is 2.70. The van der Waals surface area contributed by atoms with E-state index >= 15 is 0 Å². The summed E-state index contributed by atoms with van der Waals surface area (Å²) in [5.74, 6) is 0. The topological polar surface area (TPSA) is 3.24 Å². The second-order valence-electron chi connectivity index (χ2n) is 5.70. The third kappa shape index (κ3) is 2.50. The van der Waals surface area contributed by atoms with Gasteiger partial charge in [0.2, 0.25) is 0 Å². The Morgan fingerprint density at radius 1 is 0.950 bits per heavy atom. The summed E-state index contributed by atoms with van der Waals surface area (Å²) in [6.45, 7) is 2.53. The van der Waals surface area contributed by atoms with Gasteiger partial charge >= 0.3 is 0 Å². The van der Waals surface area contributed by atoms with E-state index in [1.54, 1.807) is 5.57 Å². The molecule has 1 aliphatic heterocycles. The molecule has 2 fully saturated rings. The first-order valence-electron chi connectivity index (χ1n) is 7.45. The van der Waals surface area contributed by atoms with Gasteiger partial charge in [-0.05, 0) is 48.6 Å². The van der Waals surface area contributed by atoms with Crippen molar-refractivity contribution < 1.29 is 0 Å². The SMILES string of the molecule is c1csc(C(=C2CCN(C3CC3)CC2)c2cccs2)c1. The van der Waals surface area contributed by atoms with Crippen molar-refractivity contribution in [2.75, 3.05) is 13.1 Å². The maximum atomic E-state index is 2.70. The van der Waals surface area contributed by atoms with Gasteiger partial charge in [0, 0.05) is 34.5 Å². The molecule has 2 aromatic heterocycles. The van der Waals surface area contributed by atoms with Crippen LogP contribution in [0.15, 0.2) is 40.6 Å². The molecule has 0 amide bonds. The average Bonchev–Trinajstić information content (AvgIpc) is 2.97. The van der Waals surface area contributed by atoms with Gasteiger partial charge in [0.15, 0.2) is 0 Å². The van der Waals surface area contributed by atoms with Crippen LogP contribution in [0.5, 0.6) is 0 Å². The van der Waals surface area contributed by atoms with Crippen LogP contribution in [0, 0.1) is 0 Å². The van der Waals surface area contributed by atoms with Crippen LogP contribution < -0.4 is 0 Å². The highest BCUT2D eigenvalue weighted by Crippen LogP contribution is 2.38. The van der Waals surface area contributed by atoms with Crippen molar-refractivity contribution in [3.63, 3.8) is 0 Å². The molecule has 20 heavy (non-hydrogen) atoms. The molecule has 1 saturated heterocycles. The molecular formula is C17H19NS2. The molecule has 0 unspecified atom stereocenters. The number of hydrogen-bond acceptors (Lipinski definition) is 3. The van der Waals surface area contributed by atoms with E-state index in [0.29, 0.717) is 0 Å². The van der Waals surface area contributed by atoms with Crippen molar-refractivity contribution in [3.05, 3.63) is 50.4 Å². The van der Waals surface area contributed by atoms with Gasteiger partial charge in [-0.1, -0.05) is 17.7 Å². The first-order chi connectivity index (χ1) is 9.92. The van der Waals surface area contributed by atoms with E-state index in [9.17, 15) is 0 Å². The largest absolute Gasteiger partial charge is 0.300 e. The molecule has 1 nitrogen and oxygen atoms in total. The van der Waals surface area contributed by atoms with Crippen molar-refractivity contribution in [1.82, 2.24) is 4.90 Å². The molecule has 1 aliphatic carbocycles. The van der Waals surface area contributed by atoms with E-state index in [2.05, 4.69) is 39.9 Å². The summed E-state index contributed by atoms with van der Waals surface area (Å²) in [7, 11) is 0. The Morgan fingerprint density at radius 3 is 2.00 bits per heavy atom. The Balaban J connectivity index is 1.66. The van der Waals surface area contributed by atoms with Crippen LogP contribution in [0.4, 0.5) is 0 Å². The summed E-state index contributed by atoms with van der Waals surface area (Å²) in [5, 5.41) is 4.39. The van der Waals surface area contributed by atoms with Crippen molar-refractivity contribution in [3.8, 4) is 0 Å². The molecular weight excluding hydrogens is 282 g/mol. The van der Waals surface area contributed by atoms with Crippen LogP contribution >= 0.6 is 22.7 Å². The van der Waals surface area contributed by atoms with E-state index in [0.717, 1.165) is 6.04 Å². The number of piperidine rings is 1. The second kappa shape index (κ2) is 5.47. The van der Waals surface area contributed by atoms with Crippen LogP contribution in [-0.4, -0.2) is 24.0 Å². The van der Waals surface area contributed by atoms with Crippen molar-refractivity contribution in [2.24, 2.45) is 0 Å². The number of rotatable bonds is 3. The van der Waals surface area contributed by atoms with Gasteiger partial charge < -0.3 is 0 Å². The van der Waals surface area contributed by atoms with Crippen molar-refractivity contribution >= 4 is 28.2 Å². The highest BCUT2D eigenvalue weighted by Gasteiger charge is 2.31. The molecule has 4 rings (SSSR count). The first-order valence-corrected chi connectivity index (χ1v) is 9.21. The zero-order valence-electron chi connectivity index (χ0n) is 11.5. The molecule has 104 valence electrons. The quantitative estimate of drug-likeness (QED) is 0.782. The van der Waals surface area contributed by atoms with E-state index in [-0.39, 0.29) is 0 Å². The summed E-state index contributed by atoms with van der Waals surface area (Å²) >= 11 is 3.76. The van der Waals surface area contributed by atoms with Gasteiger partial charge in [0.1, 0.15) is 0 Å². The normalized spacial score (nSPS) is 20.3. The van der Waals surface area contributed by atoms with E-state index in [4.69, 9.17) is 0 Å². The molecule has 2 aliphatic rings. The minimum Gasteiger partial charge on any atom is -0.300 e. The van der Waals surface area contributed by atoms with Crippen LogP contribution in [0.25, 0.3) is 5.57 Å².